The summed E-state index contributed by atoms with van der Waals surface area (Å²) in [5, 5.41) is 0. The van der Waals surface area contributed by atoms with E-state index < -0.39 is 0 Å². The van der Waals surface area contributed by atoms with Crippen LogP contribution in [0.2, 0.25) is 0 Å². The van der Waals surface area contributed by atoms with Crippen LogP contribution < -0.4 is 0 Å². The van der Waals surface area contributed by atoms with E-state index in [0.29, 0.717) is 0 Å². The van der Waals surface area contributed by atoms with Crippen molar-refractivity contribution in [3.05, 3.63) is 48.6 Å². The van der Waals surface area contributed by atoms with Crippen molar-refractivity contribution in [3.8, 4) is 0 Å². The van der Waals surface area contributed by atoms with Gasteiger partial charge in [0.05, 0.1) is 0 Å². The molecule has 0 atom stereocenters. The summed E-state index contributed by atoms with van der Waals surface area (Å²) in [6.07, 6.45) is 3.66. The van der Waals surface area contributed by atoms with Crippen molar-refractivity contribution in [3.63, 3.8) is 0 Å². The quantitative estimate of drug-likeness (QED) is 0.707. The Morgan fingerprint density at radius 3 is 1.71 bits per heavy atom. The molecule has 14 heavy (non-hydrogen) atoms. The minimum Gasteiger partial charge on any atom is -0.385 e. The minimum absolute atomic E-state index is 0.819. The molecule has 1 nitrogen and oxygen atoms in total. The fraction of sp³-hybridized carbons (Fsp3) is 0.231. The van der Waals surface area contributed by atoms with E-state index >= 15 is 0 Å². The molecule has 0 saturated heterocycles. The first kappa shape index (κ1) is 12.7. The second-order valence-electron chi connectivity index (χ2n) is 2.61. The highest BCUT2D eigenvalue weighted by molar-refractivity contribution is 5.63. The summed E-state index contributed by atoms with van der Waals surface area (Å²) in [4.78, 5) is 0. The van der Waals surface area contributed by atoms with Crippen molar-refractivity contribution in [2.75, 3.05) is 13.7 Å². The second-order valence-corrected chi connectivity index (χ2v) is 2.61. The highest BCUT2D eigenvalue weighted by atomic mass is 16.5. The van der Waals surface area contributed by atoms with E-state index in [1.165, 1.54) is 0 Å². The summed E-state index contributed by atoms with van der Waals surface area (Å²) < 4.78 is 4.54. The minimum atomic E-state index is 0.819. The Morgan fingerprint density at radius 2 is 1.50 bits per heavy atom. The fourth-order valence-corrected chi connectivity index (χ4v) is 0.883. The molecule has 0 aliphatic carbocycles. The lowest BCUT2D eigenvalue weighted by molar-refractivity contribution is 0.215. The van der Waals surface area contributed by atoms with Gasteiger partial charge < -0.3 is 4.74 Å². The number of methoxy groups -OCH3 is 1. The highest BCUT2D eigenvalue weighted by Crippen LogP contribution is 2.10. The zero-order chi connectivity index (χ0) is 10.8. The number of ether oxygens (including phenoxy) is 1. The lowest BCUT2D eigenvalue weighted by atomic mass is 10.1. The molecule has 0 heterocycles. The standard InChI is InChI=1S/C10H10.C3H8O/c1-3-9-7-5-6-8-10(9)4-2;1-3-4-2/h3-8H,1-2H2;3H2,1-2H3. The first-order valence-electron chi connectivity index (χ1n) is 4.63. The van der Waals surface area contributed by atoms with E-state index in [-0.39, 0.29) is 0 Å². The van der Waals surface area contributed by atoms with Crippen LogP contribution in [-0.2, 0) is 4.74 Å². The molecule has 76 valence electrons. The lowest BCUT2D eigenvalue weighted by Gasteiger charge is -1.96. The molecule has 0 bridgehead atoms. The van der Waals surface area contributed by atoms with Gasteiger partial charge in [-0.05, 0) is 18.1 Å². The molecule has 0 amide bonds. The van der Waals surface area contributed by atoms with E-state index in [2.05, 4.69) is 17.9 Å². The summed E-state index contributed by atoms with van der Waals surface area (Å²) in [5.41, 5.74) is 2.27. The van der Waals surface area contributed by atoms with Crippen LogP contribution in [0.1, 0.15) is 18.1 Å². The fourth-order valence-electron chi connectivity index (χ4n) is 0.883. The number of benzene rings is 1. The van der Waals surface area contributed by atoms with E-state index in [4.69, 9.17) is 0 Å². The van der Waals surface area contributed by atoms with E-state index in [0.717, 1.165) is 17.7 Å². The van der Waals surface area contributed by atoms with Crippen LogP contribution in [0, 0.1) is 0 Å². The van der Waals surface area contributed by atoms with Gasteiger partial charge in [-0.1, -0.05) is 49.6 Å². The van der Waals surface area contributed by atoms with Gasteiger partial charge in [0.25, 0.3) is 0 Å². The molecule has 0 radical (unpaired) electrons. The summed E-state index contributed by atoms with van der Waals surface area (Å²) in [6, 6.07) is 8.02. The molecular formula is C13H18O. The van der Waals surface area contributed by atoms with Gasteiger partial charge in [0, 0.05) is 13.7 Å². The lowest BCUT2D eigenvalue weighted by Crippen LogP contribution is -1.76. The van der Waals surface area contributed by atoms with Gasteiger partial charge >= 0.3 is 0 Å². The van der Waals surface area contributed by atoms with Crippen molar-refractivity contribution in [1.82, 2.24) is 0 Å². The van der Waals surface area contributed by atoms with E-state index in [9.17, 15) is 0 Å². The summed E-state index contributed by atoms with van der Waals surface area (Å²) >= 11 is 0. The summed E-state index contributed by atoms with van der Waals surface area (Å²) in [6.45, 7) is 10.2. The van der Waals surface area contributed by atoms with Crippen molar-refractivity contribution in [2.45, 2.75) is 6.92 Å². The Labute approximate surface area is 86.7 Å². The van der Waals surface area contributed by atoms with Gasteiger partial charge in [0.1, 0.15) is 0 Å². The van der Waals surface area contributed by atoms with Crippen molar-refractivity contribution in [1.29, 1.82) is 0 Å². The van der Waals surface area contributed by atoms with Crippen LogP contribution in [0.25, 0.3) is 12.2 Å². The molecule has 1 heteroatoms. The van der Waals surface area contributed by atoms with Crippen LogP contribution in [0.15, 0.2) is 37.4 Å². The van der Waals surface area contributed by atoms with Gasteiger partial charge in [-0.3, -0.25) is 0 Å². The Hall–Kier alpha value is -1.34. The van der Waals surface area contributed by atoms with Crippen LogP contribution in [0.3, 0.4) is 0 Å². The number of hydrogen-bond donors (Lipinski definition) is 0. The van der Waals surface area contributed by atoms with Crippen LogP contribution in [0.4, 0.5) is 0 Å². The van der Waals surface area contributed by atoms with Crippen LogP contribution >= 0.6 is 0 Å². The third kappa shape index (κ3) is 4.63. The van der Waals surface area contributed by atoms with Crippen LogP contribution in [0.5, 0.6) is 0 Å². The SMILES string of the molecule is C=Cc1ccccc1C=C.CCOC. The predicted molar refractivity (Wildman–Crippen MR) is 64.2 cm³/mol. The zero-order valence-corrected chi connectivity index (χ0v) is 8.99. The normalized spacial score (nSPS) is 8.43. The maximum atomic E-state index is 4.54. The molecule has 0 aliphatic rings. The average Bonchev–Trinajstić information content (AvgIpc) is 2.29. The smallest absolute Gasteiger partial charge is 0.0433 e. The third-order valence-corrected chi connectivity index (χ3v) is 1.72. The second kappa shape index (κ2) is 8.27. The highest BCUT2D eigenvalue weighted by Gasteiger charge is 1.89. The van der Waals surface area contributed by atoms with E-state index in [1.54, 1.807) is 7.11 Å². The first-order chi connectivity index (χ1) is 6.79. The number of hydrogen-bond acceptors (Lipinski definition) is 1. The van der Waals surface area contributed by atoms with Crippen LogP contribution in [-0.4, -0.2) is 13.7 Å². The van der Waals surface area contributed by atoms with Gasteiger partial charge in [0.2, 0.25) is 0 Å². The molecule has 0 aliphatic heterocycles. The van der Waals surface area contributed by atoms with Gasteiger partial charge in [0.15, 0.2) is 0 Å². The van der Waals surface area contributed by atoms with Gasteiger partial charge in [-0.15, -0.1) is 0 Å². The topological polar surface area (TPSA) is 9.23 Å². The Kier molecular flexibility index (Phi) is 7.48. The molecule has 1 aromatic rings. The zero-order valence-electron chi connectivity index (χ0n) is 8.99. The third-order valence-electron chi connectivity index (χ3n) is 1.72. The molecule has 1 rings (SSSR count). The molecule has 0 N–H and O–H groups in total. The van der Waals surface area contributed by atoms with Gasteiger partial charge in [-0.2, -0.15) is 0 Å². The molecule has 1 aromatic carbocycles. The van der Waals surface area contributed by atoms with Crippen molar-refractivity contribution < 1.29 is 4.74 Å². The molecule has 0 spiro atoms. The molecular weight excluding hydrogens is 172 g/mol. The molecule has 0 aromatic heterocycles. The maximum absolute atomic E-state index is 4.54. The molecule has 0 fully saturated rings. The first-order valence-corrected chi connectivity index (χ1v) is 4.63. The van der Waals surface area contributed by atoms with E-state index in [1.807, 2.05) is 43.3 Å². The Balaban J connectivity index is 0.000000364. The largest absolute Gasteiger partial charge is 0.385 e. The predicted octanol–water partition coefficient (Wildman–Crippen LogP) is 3.63. The maximum Gasteiger partial charge on any atom is 0.0433 e. The molecule has 0 unspecified atom stereocenters. The monoisotopic (exact) mass is 190 g/mol. The van der Waals surface area contributed by atoms with Crippen molar-refractivity contribution >= 4 is 12.2 Å². The average molecular weight is 190 g/mol. The Morgan fingerprint density at radius 1 is 1.14 bits per heavy atom. The van der Waals surface area contributed by atoms with Gasteiger partial charge in [-0.25, -0.2) is 0 Å². The Bertz CT molecular complexity index is 247. The number of rotatable bonds is 3. The molecule has 0 saturated carbocycles. The summed E-state index contributed by atoms with van der Waals surface area (Å²) in [5.74, 6) is 0. The van der Waals surface area contributed by atoms with Crippen molar-refractivity contribution in [2.24, 2.45) is 0 Å². The summed E-state index contributed by atoms with van der Waals surface area (Å²) in [7, 11) is 1.68.